The zero-order chi connectivity index (χ0) is 18.2. The van der Waals surface area contributed by atoms with Gasteiger partial charge in [-0.3, -0.25) is 0 Å². The van der Waals surface area contributed by atoms with Crippen LogP contribution in [0.4, 0.5) is 0 Å². The van der Waals surface area contributed by atoms with E-state index in [4.69, 9.17) is 5.21 Å². The minimum Gasteiger partial charge on any atom is -0.507 e. The van der Waals surface area contributed by atoms with Crippen LogP contribution in [-0.2, 0) is 6.42 Å². The highest BCUT2D eigenvalue weighted by atomic mass is 16.4. The minimum absolute atomic E-state index is 0.173. The summed E-state index contributed by atoms with van der Waals surface area (Å²) in [6.07, 6.45) is 22.2. The van der Waals surface area contributed by atoms with Crippen molar-refractivity contribution < 1.29 is 10.3 Å². The van der Waals surface area contributed by atoms with Crippen molar-refractivity contribution in [2.24, 2.45) is 5.16 Å². The molecule has 0 aliphatic rings. The Bertz CT molecular complexity index is 547. The van der Waals surface area contributed by atoms with Gasteiger partial charge in [-0.2, -0.15) is 0 Å². The summed E-state index contributed by atoms with van der Waals surface area (Å²) in [6, 6.07) is 5.53. The van der Waals surface area contributed by atoms with Gasteiger partial charge in [0.2, 0.25) is 0 Å². The van der Waals surface area contributed by atoms with Crippen molar-refractivity contribution in [2.45, 2.75) is 71.1 Å². The van der Waals surface area contributed by atoms with Crippen LogP contribution in [0.2, 0.25) is 0 Å². The maximum Gasteiger partial charge on any atom is 0.124 e. The van der Waals surface area contributed by atoms with E-state index in [-0.39, 0.29) is 5.75 Å². The lowest BCUT2D eigenvalue weighted by Gasteiger charge is -2.04. The van der Waals surface area contributed by atoms with Gasteiger partial charge in [-0.15, -0.1) is 0 Å². The number of hydrogen-bond acceptors (Lipinski definition) is 3. The number of phenolic OH excluding ortho intramolecular Hbond substituents is 1. The first-order chi connectivity index (χ1) is 12.3. The molecular weight excluding hydrogens is 310 g/mol. The largest absolute Gasteiger partial charge is 0.507 e. The predicted molar refractivity (Wildman–Crippen MR) is 107 cm³/mol. The number of oxime groups is 1. The van der Waals surface area contributed by atoms with E-state index in [0.29, 0.717) is 5.56 Å². The molecule has 2 N–H and O–H groups in total. The average Bonchev–Trinajstić information content (AvgIpc) is 2.61. The van der Waals surface area contributed by atoms with Crippen LogP contribution in [0.5, 0.6) is 5.75 Å². The lowest BCUT2D eigenvalue weighted by molar-refractivity contribution is 0.321. The summed E-state index contributed by atoms with van der Waals surface area (Å²) in [5, 5.41) is 21.3. The molecule has 0 spiro atoms. The Kier molecular flexibility index (Phi) is 12.0. The molecule has 138 valence electrons. The van der Waals surface area contributed by atoms with Gasteiger partial charge in [-0.25, -0.2) is 0 Å². The fourth-order valence-electron chi connectivity index (χ4n) is 2.71. The average molecular weight is 344 g/mol. The number of allylic oxidation sites excluding steroid dienone is 4. The number of benzene rings is 1. The maximum absolute atomic E-state index is 9.81. The summed E-state index contributed by atoms with van der Waals surface area (Å²) in [5.41, 5.74) is 1.67. The molecule has 1 aromatic rings. The van der Waals surface area contributed by atoms with Gasteiger partial charge in [0.25, 0.3) is 0 Å². The van der Waals surface area contributed by atoms with Crippen LogP contribution in [0.25, 0.3) is 0 Å². The molecule has 0 heterocycles. The van der Waals surface area contributed by atoms with Gasteiger partial charge >= 0.3 is 0 Å². The SMILES string of the molecule is CCC/C=C\C/C=C\CCCCCCCc1ccc(/C=N/O)c(O)c1. The third-order valence-corrected chi connectivity index (χ3v) is 4.19. The van der Waals surface area contributed by atoms with Gasteiger partial charge < -0.3 is 10.3 Å². The zero-order valence-electron chi connectivity index (χ0n) is 15.5. The highest BCUT2D eigenvalue weighted by Gasteiger charge is 2.01. The molecule has 0 fully saturated rings. The zero-order valence-corrected chi connectivity index (χ0v) is 15.5. The van der Waals surface area contributed by atoms with Crippen molar-refractivity contribution in [3.8, 4) is 5.75 Å². The van der Waals surface area contributed by atoms with Crippen molar-refractivity contribution in [2.75, 3.05) is 0 Å². The Morgan fingerprint density at radius 2 is 1.64 bits per heavy atom. The van der Waals surface area contributed by atoms with Crippen LogP contribution >= 0.6 is 0 Å². The fourth-order valence-corrected chi connectivity index (χ4v) is 2.71. The van der Waals surface area contributed by atoms with E-state index in [1.165, 1.54) is 51.2 Å². The second-order valence-electron chi connectivity index (χ2n) is 6.41. The van der Waals surface area contributed by atoms with Gasteiger partial charge in [0.1, 0.15) is 5.75 Å². The molecule has 3 heteroatoms. The Balaban J connectivity index is 2.03. The van der Waals surface area contributed by atoms with Crippen molar-refractivity contribution in [3.05, 3.63) is 53.6 Å². The molecule has 0 radical (unpaired) electrons. The molecule has 3 nitrogen and oxygen atoms in total. The standard InChI is InChI=1S/C22H33NO2/c1-2-3-4-5-6-7-8-9-10-11-12-13-14-15-20-16-17-21(19-23-25)22(24)18-20/h4-5,7-8,16-19,24-25H,2-3,6,9-15H2,1H3/b5-4-,8-7-,23-19+. The number of aryl methyl sites for hydroxylation is 1. The van der Waals surface area contributed by atoms with Gasteiger partial charge in [-0.05, 0) is 56.2 Å². The summed E-state index contributed by atoms with van der Waals surface area (Å²) < 4.78 is 0. The van der Waals surface area contributed by atoms with Crippen molar-refractivity contribution >= 4 is 6.21 Å². The second-order valence-corrected chi connectivity index (χ2v) is 6.41. The van der Waals surface area contributed by atoms with Crippen LogP contribution in [0.15, 0.2) is 47.7 Å². The molecule has 0 aliphatic heterocycles. The third-order valence-electron chi connectivity index (χ3n) is 4.19. The topological polar surface area (TPSA) is 52.8 Å². The molecule has 0 saturated heterocycles. The third kappa shape index (κ3) is 10.4. The molecule has 0 saturated carbocycles. The maximum atomic E-state index is 9.81. The number of unbranched alkanes of at least 4 members (excludes halogenated alkanes) is 6. The number of hydrogen-bond donors (Lipinski definition) is 2. The monoisotopic (exact) mass is 343 g/mol. The van der Waals surface area contributed by atoms with E-state index in [1.807, 2.05) is 6.07 Å². The summed E-state index contributed by atoms with van der Waals surface area (Å²) in [4.78, 5) is 0. The van der Waals surface area contributed by atoms with Crippen LogP contribution in [-0.4, -0.2) is 16.5 Å². The second kappa shape index (κ2) is 14.3. The quantitative estimate of drug-likeness (QED) is 0.143. The predicted octanol–water partition coefficient (Wildman–Crippen LogP) is 6.39. The van der Waals surface area contributed by atoms with Crippen LogP contribution in [0.1, 0.15) is 75.8 Å². The van der Waals surface area contributed by atoms with Crippen LogP contribution in [0.3, 0.4) is 0 Å². The Hall–Kier alpha value is -2.03. The molecule has 0 aliphatic carbocycles. The van der Waals surface area contributed by atoms with Crippen LogP contribution < -0.4 is 0 Å². The fraction of sp³-hybridized carbons (Fsp3) is 0.500. The smallest absolute Gasteiger partial charge is 0.124 e. The summed E-state index contributed by atoms with van der Waals surface area (Å²) >= 11 is 0. The molecule has 1 rings (SSSR count). The number of rotatable bonds is 13. The molecule has 0 aromatic heterocycles. The van der Waals surface area contributed by atoms with Crippen molar-refractivity contribution in [3.63, 3.8) is 0 Å². The van der Waals surface area contributed by atoms with Gasteiger partial charge in [0.05, 0.1) is 6.21 Å². The first kappa shape index (κ1) is 21.0. The van der Waals surface area contributed by atoms with Crippen LogP contribution in [0, 0.1) is 0 Å². The molecule has 25 heavy (non-hydrogen) atoms. The van der Waals surface area contributed by atoms with Crippen molar-refractivity contribution in [1.29, 1.82) is 0 Å². The molecule has 0 unspecified atom stereocenters. The number of phenols is 1. The van der Waals surface area contributed by atoms with E-state index in [9.17, 15) is 5.11 Å². The molecular formula is C22H33NO2. The molecule has 0 bridgehead atoms. The lowest BCUT2D eigenvalue weighted by Crippen LogP contribution is -1.89. The minimum atomic E-state index is 0.173. The molecule has 1 aromatic carbocycles. The van der Waals surface area contributed by atoms with E-state index in [2.05, 4.69) is 36.4 Å². The first-order valence-corrected chi connectivity index (χ1v) is 9.57. The van der Waals surface area contributed by atoms with E-state index in [1.54, 1.807) is 12.1 Å². The van der Waals surface area contributed by atoms with E-state index >= 15 is 0 Å². The van der Waals surface area contributed by atoms with Gasteiger partial charge in [0, 0.05) is 5.56 Å². The highest BCUT2D eigenvalue weighted by Crippen LogP contribution is 2.19. The van der Waals surface area contributed by atoms with Gasteiger partial charge in [0.15, 0.2) is 0 Å². The highest BCUT2D eigenvalue weighted by molar-refractivity contribution is 5.82. The van der Waals surface area contributed by atoms with Gasteiger partial charge in [-0.1, -0.05) is 68.1 Å². The summed E-state index contributed by atoms with van der Waals surface area (Å²) in [7, 11) is 0. The first-order valence-electron chi connectivity index (χ1n) is 9.57. The Morgan fingerprint density at radius 1 is 0.920 bits per heavy atom. The number of aromatic hydroxyl groups is 1. The van der Waals surface area contributed by atoms with Crippen molar-refractivity contribution in [1.82, 2.24) is 0 Å². The Morgan fingerprint density at radius 3 is 2.36 bits per heavy atom. The Labute approximate surface area is 152 Å². The summed E-state index contributed by atoms with van der Waals surface area (Å²) in [5.74, 6) is 0.173. The number of nitrogens with zero attached hydrogens (tertiary/aromatic N) is 1. The molecule has 0 atom stereocenters. The van der Waals surface area contributed by atoms with E-state index in [0.717, 1.165) is 24.8 Å². The summed E-state index contributed by atoms with van der Waals surface area (Å²) in [6.45, 7) is 2.20. The molecule has 0 amide bonds. The normalized spacial score (nSPS) is 12.0. The van der Waals surface area contributed by atoms with E-state index < -0.39 is 0 Å². The lowest BCUT2D eigenvalue weighted by atomic mass is 10.0.